The highest BCUT2D eigenvalue weighted by Crippen LogP contribution is 2.44. The molecule has 0 radical (unpaired) electrons. The van der Waals surface area contributed by atoms with Crippen LogP contribution in [0.5, 0.6) is 0 Å². The quantitative estimate of drug-likeness (QED) is 0.681. The zero-order valence-electron chi connectivity index (χ0n) is 17.4. The van der Waals surface area contributed by atoms with Gasteiger partial charge in [0, 0.05) is 19.5 Å². The Morgan fingerprint density at radius 2 is 1.65 bits per heavy atom. The number of hydrogen-bond donors (Lipinski definition) is 2. The van der Waals surface area contributed by atoms with Gasteiger partial charge in [0.05, 0.1) is 6.42 Å². The van der Waals surface area contributed by atoms with E-state index >= 15 is 0 Å². The molecule has 0 heterocycles. The minimum absolute atomic E-state index is 0.103. The van der Waals surface area contributed by atoms with Gasteiger partial charge in [0.2, 0.25) is 5.91 Å². The van der Waals surface area contributed by atoms with Crippen molar-refractivity contribution < 1.29 is 24.2 Å². The van der Waals surface area contributed by atoms with Crippen molar-refractivity contribution in [2.75, 3.05) is 20.2 Å². The van der Waals surface area contributed by atoms with E-state index < -0.39 is 30.4 Å². The van der Waals surface area contributed by atoms with Gasteiger partial charge in [-0.05, 0) is 41.0 Å². The van der Waals surface area contributed by atoms with Crippen LogP contribution in [0.1, 0.15) is 36.3 Å². The number of likely N-dealkylation sites (N-methyl/N-ethyl adjacent to an activating group) is 1. The SMILES string of the molecule is CN(CC1CC1)C(=O)C(CC(=O)O)NC(=O)OCC1c2ccccc2-c2ccccc21. The van der Waals surface area contributed by atoms with E-state index in [1.165, 1.54) is 4.90 Å². The Balaban J connectivity index is 1.41. The van der Waals surface area contributed by atoms with Gasteiger partial charge in [0.25, 0.3) is 0 Å². The first-order valence-corrected chi connectivity index (χ1v) is 10.5. The van der Waals surface area contributed by atoms with Crippen molar-refractivity contribution in [3.63, 3.8) is 0 Å². The summed E-state index contributed by atoms with van der Waals surface area (Å²) in [7, 11) is 1.63. The summed E-state index contributed by atoms with van der Waals surface area (Å²) in [6.07, 6.45) is 0.862. The number of amides is 2. The van der Waals surface area contributed by atoms with E-state index in [9.17, 15) is 19.5 Å². The van der Waals surface area contributed by atoms with Crippen molar-refractivity contribution in [2.45, 2.75) is 31.2 Å². The summed E-state index contributed by atoms with van der Waals surface area (Å²) in [5.74, 6) is -1.21. The predicted octanol–water partition coefficient (Wildman–Crippen LogP) is 3.24. The number of nitrogens with zero attached hydrogens (tertiary/aromatic N) is 1. The van der Waals surface area contributed by atoms with Crippen LogP contribution in [0.15, 0.2) is 48.5 Å². The highest BCUT2D eigenvalue weighted by molar-refractivity contribution is 5.89. The lowest BCUT2D eigenvalue weighted by Gasteiger charge is -2.24. The lowest BCUT2D eigenvalue weighted by Crippen LogP contribution is -2.49. The maximum atomic E-state index is 12.7. The molecule has 4 rings (SSSR count). The molecular weight excluding hydrogens is 396 g/mol. The maximum Gasteiger partial charge on any atom is 0.407 e. The Morgan fingerprint density at radius 3 is 2.19 bits per heavy atom. The van der Waals surface area contributed by atoms with Crippen molar-refractivity contribution in [3.8, 4) is 11.1 Å². The van der Waals surface area contributed by atoms with E-state index in [2.05, 4.69) is 5.32 Å². The summed E-state index contributed by atoms with van der Waals surface area (Å²) >= 11 is 0. The Bertz CT molecular complexity index is 955. The number of carbonyl (C=O) groups is 3. The first-order valence-electron chi connectivity index (χ1n) is 10.5. The fourth-order valence-electron chi connectivity index (χ4n) is 4.20. The molecule has 7 heteroatoms. The molecule has 1 atom stereocenters. The number of aliphatic carboxylic acids is 1. The number of alkyl carbamates (subject to hydrolysis) is 1. The number of ether oxygens (including phenoxy) is 1. The molecule has 0 aromatic heterocycles. The van der Waals surface area contributed by atoms with Crippen LogP contribution in [0.4, 0.5) is 4.79 Å². The Labute approximate surface area is 181 Å². The molecule has 2 aliphatic carbocycles. The Morgan fingerprint density at radius 1 is 1.06 bits per heavy atom. The molecule has 31 heavy (non-hydrogen) atoms. The molecule has 1 saturated carbocycles. The van der Waals surface area contributed by atoms with Crippen LogP contribution in [0.25, 0.3) is 11.1 Å². The van der Waals surface area contributed by atoms with Crippen LogP contribution < -0.4 is 5.32 Å². The number of carboxylic acid groups (broad SMARTS) is 1. The highest BCUT2D eigenvalue weighted by Gasteiger charge is 2.32. The van der Waals surface area contributed by atoms with Crippen molar-refractivity contribution >= 4 is 18.0 Å². The number of fused-ring (bicyclic) bond motifs is 3. The molecule has 1 fully saturated rings. The number of hydrogen-bond acceptors (Lipinski definition) is 4. The number of carbonyl (C=O) groups excluding carboxylic acids is 2. The molecule has 2 amide bonds. The van der Waals surface area contributed by atoms with Crippen LogP contribution in [-0.4, -0.2) is 54.2 Å². The van der Waals surface area contributed by atoms with E-state index in [-0.39, 0.29) is 12.5 Å². The molecule has 0 aliphatic heterocycles. The summed E-state index contributed by atoms with van der Waals surface area (Å²) in [5.41, 5.74) is 4.40. The third-order valence-electron chi connectivity index (χ3n) is 5.92. The van der Waals surface area contributed by atoms with Gasteiger partial charge in [0.1, 0.15) is 12.6 Å². The molecule has 2 N–H and O–H groups in total. The second-order valence-corrected chi connectivity index (χ2v) is 8.28. The molecule has 0 saturated heterocycles. The molecule has 0 spiro atoms. The molecular formula is C24H26N2O5. The second-order valence-electron chi connectivity index (χ2n) is 8.28. The van der Waals surface area contributed by atoms with Crippen LogP contribution in [0.3, 0.4) is 0 Å². The van der Waals surface area contributed by atoms with Crippen molar-refractivity contribution in [3.05, 3.63) is 59.7 Å². The normalized spacial score (nSPS) is 15.5. The topological polar surface area (TPSA) is 95.9 Å². The van der Waals surface area contributed by atoms with Gasteiger partial charge in [0.15, 0.2) is 0 Å². The monoisotopic (exact) mass is 422 g/mol. The summed E-state index contributed by atoms with van der Waals surface area (Å²) in [4.78, 5) is 37.9. The highest BCUT2D eigenvalue weighted by atomic mass is 16.5. The van der Waals surface area contributed by atoms with Crippen LogP contribution in [-0.2, 0) is 14.3 Å². The lowest BCUT2D eigenvalue weighted by atomic mass is 9.98. The van der Waals surface area contributed by atoms with Gasteiger partial charge in [-0.25, -0.2) is 4.79 Å². The second kappa shape index (κ2) is 8.79. The molecule has 2 aromatic rings. The fraction of sp³-hybridized carbons (Fsp3) is 0.375. The summed E-state index contributed by atoms with van der Waals surface area (Å²) in [5, 5.41) is 11.6. The number of carboxylic acids is 1. The number of benzene rings is 2. The summed E-state index contributed by atoms with van der Waals surface area (Å²) in [6.45, 7) is 0.674. The van der Waals surface area contributed by atoms with Crippen LogP contribution in [0, 0.1) is 5.92 Å². The maximum absolute atomic E-state index is 12.7. The van der Waals surface area contributed by atoms with Gasteiger partial charge in [-0.15, -0.1) is 0 Å². The van der Waals surface area contributed by atoms with E-state index in [0.717, 1.165) is 35.1 Å². The number of nitrogens with one attached hydrogen (secondary N) is 1. The minimum Gasteiger partial charge on any atom is -0.481 e. The van der Waals surface area contributed by atoms with Gasteiger partial charge >= 0.3 is 12.1 Å². The largest absolute Gasteiger partial charge is 0.481 e. The third kappa shape index (κ3) is 4.71. The van der Waals surface area contributed by atoms with E-state index in [1.807, 2.05) is 48.5 Å². The smallest absolute Gasteiger partial charge is 0.407 e. The zero-order valence-corrected chi connectivity index (χ0v) is 17.4. The zero-order chi connectivity index (χ0) is 22.0. The first-order chi connectivity index (χ1) is 14.9. The summed E-state index contributed by atoms with van der Waals surface area (Å²) < 4.78 is 5.46. The van der Waals surface area contributed by atoms with Crippen molar-refractivity contribution in [1.29, 1.82) is 0 Å². The van der Waals surface area contributed by atoms with Crippen molar-refractivity contribution in [2.24, 2.45) is 5.92 Å². The van der Waals surface area contributed by atoms with E-state index in [0.29, 0.717) is 12.5 Å². The molecule has 2 aromatic carbocycles. The average Bonchev–Trinajstić information content (AvgIpc) is 3.51. The lowest BCUT2D eigenvalue weighted by molar-refractivity contribution is -0.142. The third-order valence-corrected chi connectivity index (χ3v) is 5.92. The first kappa shape index (κ1) is 20.9. The average molecular weight is 422 g/mol. The van der Waals surface area contributed by atoms with Crippen LogP contribution in [0.2, 0.25) is 0 Å². The van der Waals surface area contributed by atoms with E-state index in [1.54, 1.807) is 7.05 Å². The van der Waals surface area contributed by atoms with Gasteiger partial charge < -0.3 is 20.1 Å². The summed E-state index contributed by atoms with van der Waals surface area (Å²) in [6, 6.07) is 14.8. The standard InChI is InChI=1S/C24H26N2O5/c1-26(13-15-10-11-15)23(29)21(12-22(27)28)25-24(30)31-14-20-18-8-4-2-6-16(18)17-7-3-5-9-19(17)20/h2-9,15,20-21H,10-14H2,1H3,(H,25,30)(H,27,28). The molecule has 162 valence electrons. The fourth-order valence-corrected chi connectivity index (χ4v) is 4.20. The van der Waals surface area contributed by atoms with Gasteiger partial charge in [-0.1, -0.05) is 48.5 Å². The molecule has 0 bridgehead atoms. The van der Waals surface area contributed by atoms with Crippen molar-refractivity contribution in [1.82, 2.24) is 10.2 Å². The minimum atomic E-state index is -1.16. The molecule has 2 aliphatic rings. The molecule has 1 unspecified atom stereocenters. The Kier molecular flexibility index (Phi) is 5.93. The predicted molar refractivity (Wildman–Crippen MR) is 115 cm³/mol. The van der Waals surface area contributed by atoms with E-state index in [4.69, 9.17) is 4.74 Å². The van der Waals surface area contributed by atoms with Gasteiger partial charge in [-0.3, -0.25) is 9.59 Å². The Hall–Kier alpha value is -3.35. The number of rotatable bonds is 8. The molecule has 7 nitrogen and oxygen atoms in total. The van der Waals surface area contributed by atoms with Crippen LogP contribution >= 0.6 is 0 Å². The van der Waals surface area contributed by atoms with Gasteiger partial charge in [-0.2, -0.15) is 0 Å².